The smallest absolute Gasteiger partial charge is 0.191 e. The van der Waals surface area contributed by atoms with Crippen LogP contribution >= 0.6 is 35.7 Å². The number of aryl methyl sites for hydroxylation is 2. The Kier molecular flexibility index (Phi) is 10.9. The van der Waals surface area contributed by atoms with E-state index in [4.69, 9.17) is 0 Å². The van der Waals surface area contributed by atoms with Crippen LogP contribution in [0.15, 0.2) is 4.99 Å². The molecule has 0 aliphatic rings. The number of nitrogens with zero attached hydrogens (tertiary/aromatic N) is 3. The molecule has 1 unspecified atom stereocenters. The molecule has 0 fully saturated rings. The summed E-state index contributed by atoms with van der Waals surface area (Å²) in [6.07, 6.45) is 3.06. The summed E-state index contributed by atoms with van der Waals surface area (Å²) in [4.78, 5) is 4.59. The number of guanidine groups is 1. The van der Waals surface area contributed by atoms with Crippen LogP contribution < -0.4 is 10.6 Å². The summed E-state index contributed by atoms with van der Waals surface area (Å²) in [5.74, 6) is 1.95. The van der Waals surface area contributed by atoms with Crippen molar-refractivity contribution in [2.75, 3.05) is 25.1 Å². The first kappa shape index (κ1) is 21.6. The van der Waals surface area contributed by atoms with Gasteiger partial charge in [-0.15, -0.1) is 24.0 Å². The lowest BCUT2D eigenvalue weighted by Gasteiger charge is -2.18. The number of rotatable bonds is 7. The van der Waals surface area contributed by atoms with Crippen molar-refractivity contribution < 1.29 is 0 Å². The Balaban J connectivity index is 0.00000441. The molecule has 1 aromatic rings. The van der Waals surface area contributed by atoms with Crippen LogP contribution in [0.1, 0.15) is 30.8 Å². The average molecular weight is 439 g/mol. The molecule has 128 valence electrons. The molecule has 0 aliphatic carbocycles. The Labute approximate surface area is 156 Å². The van der Waals surface area contributed by atoms with E-state index < -0.39 is 0 Å². The topological polar surface area (TPSA) is 54.2 Å². The highest BCUT2D eigenvalue weighted by Gasteiger charge is 2.13. The van der Waals surface area contributed by atoms with Crippen LogP contribution in [0.2, 0.25) is 0 Å². The second-order valence-corrected chi connectivity index (χ2v) is 6.26. The van der Waals surface area contributed by atoms with Crippen LogP contribution in [0.25, 0.3) is 0 Å². The van der Waals surface area contributed by atoms with Crippen molar-refractivity contribution in [1.29, 1.82) is 0 Å². The molecule has 0 amide bonds. The summed E-state index contributed by atoms with van der Waals surface area (Å²) in [6, 6.07) is 0.318. The minimum atomic E-state index is 0. The molecule has 22 heavy (non-hydrogen) atoms. The standard InChI is InChI=1S/C15H29N5S.HI/c1-7-16-15(17-8-9-21-6)18-11(2)10-14-12(3)19-20(5)13(14)4;/h11H,7-10H2,1-6H3,(H2,16,17,18);1H. The monoisotopic (exact) mass is 439 g/mol. The zero-order chi connectivity index (χ0) is 15.8. The van der Waals surface area contributed by atoms with E-state index in [1.165, 1.54) is 11.3 Å². The third kappa shape index (κ3) is 6.76. The zero-order valence-electron chi connectivity index (χ0n) is 14.6. The van der Waals surface area contributed by atoms with Crippen molar-refractivity contribution in [2.24, 2.45) is 12.0 Å². The van der Waals surface area contributed by atoms with Gasteiger partial charge in [0.25, 0.3) is 0 Å². The molecule has 1 aromatic heterocycles. The second-order valence-electron chi connectivity index (χ2n) is 5.28. The number of aromatic nitrogens is 2. The average Bonchev–Trinajstić information content (AvgIpc) is 2.66. The number of nitrogens with one attached hydrogen (secondary N) is 2. The van der Waals surface area contributed by atoms with Gasteiger partial charge in [0.15, 0.2) is 5.96 Å². The molecule has 0 aliphatic heterocycles. The molecule has 0 spiro atoms. The Morgan fingerprint density at radius 3 is 2.59 bits per heavy atom. The minimum absolute atomic E-state index is 0. The predicted molar refractivity (Wildman–Crippen MR) is 109 cm³/mol. The predicted octanol–water partition coefficient (Wildman–Crippen LogP) is 2.50. The molecule has 0 radical (unpaired) electrons. The number of hydrogen-bond donors (Lipinski definition) is 2. The van der Waals surface area contributed by atoms with Gasteiger partial charge in [-0.3, -0.25) is 9.67 Å². The SMILES string of the molecule is CCNC(=NCCSC)NC(C)Cc1c(C)nn(C)c1C.I. The molecule has 0 bridgehead atoms. The Morgan fingerprint density at radius 1 is 1.41 bits per heavy atom. The van der Waals surface area contributed by atoms with Crippen LogP contribution in [0.3, 0.4) is 0 Å². The molecule has 2 N–H and O–H groups in total. The molecule has 0 saturated carbocycles. The van der Waals surface area contributed by atoms with E-state index >= 15 is 0 Å². The van der Waals surface area contributed by atoms with E-state index in [0.717, 1.165) is 36.9 Å². The van der Waals surface area contributed by atoms with Gasteiger partial charge in [0.2, 0.25) is 0 Å². The highest BCUT2D eigenvalue weighted by Crippen LogP contribution is 2.14. The van der Waals surface area contributed by atoms with Crippen LogP contribution in [0.5, 0.6) is 0 Å². The van der Waals surface area contributed by atoms with Crippen molar-refractivity contribution >= 4 is 41.7 Å². The number of aliphatic imine (C=N–C) groups is 1. The third-order valence-corrected chi connectivity index (χ3v) is 4.05. The molecule has 1 rings (SSSR count). The fourth-order valence-corrected chi connectivity index (χ4v) is 2.55. The summed E-state index contributed by atoms with van der Waals surface area (Å²) < 4.78 is 1.95. The molecule has 1 heterocycles. The van der Waals surface area contributed by atoms with Crippen LogP contribution in [0, 0.1) is 13.8 Å². The minimum Gasteiger partial charge on any atom is -0.357 e. The fourth-order valence-electron chi connectivity index (χ4n) is 2.27. The van der Waals surface area contributed by atoms with Gasteiger partial charge in [0, 0.05) is 31.1 Å². The number of hydrogen-bond acceptors (Lipinski definition) is 3. The summed E-state index contributed by atoms with van der Waals surface area (Å²) in [5, 5.41) is 11.3. The zero-order valence-corrected chi connectivity index (χ0v) is 17.7. The maximum absolute atomic E-state index is 4.59. The summed E-state index contributed by atoms with van der Waals surface area (Å²) in [7, 11) is 2.00. The van der Waals surface area contributed by atoms with E-state index in [9.17, 15) is 0 Å². The van der Waals surface area contributed by atoms with Gasteiger partial charge < -0.3 is 10.6 Å². The van der Waals surface area contributed by atoms with Gasteiger partial charge in [0.1, 0.15) is 0 Å². The van der Waals surface area contributed by atoms with E-state index in [2.05, 4.69) is 54.7 Å². The van der Waals surface area contributed by atoms with E-state index in [0.29, 0.717) is 6.04 Å². The Hall–Kier alpha value is -0.440. The molecule has 0 saturated heterocycles. The molecule has 7 heteroatoms. The van der Waals surface area contributed by atoms with E-state index in [-0.39, 0.29) is 24.0 Å². The first-order valence-electron chi connectivity index (χ1n) is 7.52. The largest absolute Gasteiger partial charge is 0.357 e. The quantitative estimate of drug-likeness (QED) is 0.297. The van der Waals surface area contributed by atoms with Crippen LogP contribution in [-0.2, 0) is 13.5 Å². The Bertz CT molecular complexity index is 473. The molecule has 5 nitrogen and oxygen atoms in total. The van der Waals surface area contributed by atoms with Crippen molar-refractivity contribution in [3.05, 3.63) is 17.0 Å². The first-order chi connectivity index (χ1) is 9.99. The first-order valence-corrected chi connectivity index (χ1v) is 8.91. The molecular weight excluding hydrogens is 409 g/mol. The van der Waals surface area contributed by atoms with Gasteiger partial charge in [-0.2, -0.15) is 16.9 Å². The fraction of sp³-hybridized carbons (Fsp3) is 0.733. The Morgan fingerprint density at radius 2 is 2.09 bits per heavy atom. The summed E-state index contributed by atoms with van der Waals surface area (Å²) >= 11 is 1.82. The van der Waals surface area contributed by atoms with Gasteiger partial charge in [-0.25, -0.2) is 0 Å². The van der Waals surface area contributed by atoms with Gasteiger partial charge in [-0.05, 0) is 45.9 Å². The highest BCUT2D eigenvalue weighted by atomic mass is 127. The van der Waals surface area contributed by atoms with Crippen molar-refractivity contribution in [3.63, 3.8) is 0 Å². The molecule has 0 aromatic carbocycles. The van der Waals surface area contributed by atoms with Crippen molar-refractivity contribution in [1.82, 2.24) is 20.4 Å². The lowest BCUT2D eigenvalue weighted by molar-refractivity contribution is 0.636. The van der Waals surface area contributed by atoms with Gasteiger partial charge >= 0.3 is 0 Å². The van der Waals surface area contributed by atoms with E-state index in [1.807, 2.05) is 23.5 Å². The van der Waals surface area contributed by atoms with Crippen LogP contribution in [-0.4, -0.2) is 46.9 Å². The third-order valence-electron chi connectivity index (χ3n) is 3.46. The maximum Gasteiger partial charge on any atom is 0.191 e. The van der Waals surface area contributed by atoms with Gasteiger partial charge in [0.05, 0.1) is 12.2 Å². The normalized spacial score (nSPS) is 12.7. The molecule has 1 atom stereocenters. The molecular formula is C15H30IN5S. The summed E-state index contributed by atoms with van der Waals surface area (Å²) in [5.41, 5.74) is 3.69. The van der Waals surface area contributed by atoms with Crippen LogP contribution in [0.4, 0.5) is 0 Å². The van der Waals surface area contributed by atoms with Gasteiger partial charge in [-0.1, -0.05) is 0 Å². The lowest BCUT2D eigenvalue weighted by Crippen LogP contribution is -2.43. The van der Waals surface area contributed by atoms with Crippen molar-refractivity contribution in [2.45, 2.75) is 40.2 Å². The van der Waals surface area contributed by atoms with E-state index in [1.54, 1.807) is 0 Å². The highest BCUT2D eigenvalue weighted by molar-refractivity contribution is 14.0. The summed E-state index contributed by atoms with van der Waals surface area (Å²) in [6.45, 7) is 10.2. The van der Waals surface area contributed by atoms with Crippen molar-refractivity contribution in [3.8, 4) is 0 Å². The maximum atomic E-state index is 4.59. The second kappa shape index (κ2) is 11.2. The number of halogens is 1. The lowest BCUT2D eigenvalue weighted by atomic mass is 10.1. The number of thioether (sulfide) groups is 1.